The average Bonchev–Trinajstić information content (AvgIpc) is 2.85. The fraction of sp³-hybridized carbons (Fsp3) is 0.0667. The van der Waals surface area contributed by atoms with Gasteiger partial charge in [0.05, 0.1) is 5.56 Å². The Kier molecular flexibility index (Phi) is 3.55. The van der Waals surface area contributed by atoms with Gasteiger partial charge in [0.15, 0.2) is 5.82 Å². The third-order valence-corrected chi connectivity index (χ3v) is 3.53. The summed E-state index contributed by atoms with van der Waals surface area (Å²) in [5.74, 6) is 0.595. The second kappa shape index (κ2) is 5.51. The molecule has 0 atom stereocenters. The number of aromatic hydroxyl groups is 1. The van der Waals surface area contributed by atoms with Crippen molar-refractivity contribution in [3.63, 3.8) is 0 Å². The normalized spacial score (nSPS) is 10.7. The number of para-hydroxylation sites is 2. The minimum atomic E-state index is -0.320. The Morgan fingerprint density at radius 2 is 1.67 bits per heavy atom. The molecule has 0 saturated heterocycles. The maximum atomic E-state index is 10.0. The van der Waals surface area contributed by atoms with Crippen molar-refractivity contribution in [2.24, 2.45) is 0 Å². The number of aliphatic hydroxyl groups is 1. The molecular weight excluding hydrogens is 286 g/mol. The maximum absolute atomic E-state index is 10.0. The van der Waals surface area contributed by atoms with Crippen LogP contribution in [0.15, 0.2) is 54.6 Å². The molecule has 1 aromatic heterocycles. The summed E-state index contributed by atoms with van der Waals surface area (Å²) in [4.78, 5) is 0. The number of benzene rings is 2. The van der Waals surface area contributed by atoms with Crippen LogP contribution >= 0.6 is 12.2 Å². The number of phenolic OH excluding ortho intramolecular Hbond substituents is 1. The predicted octanol–water partition coefficient (Wildman–Crippen LogP) is 2.73. The van der Waals surface area contributed by atoms with Crippen molar-refractivity contribution < 1.29 is 10.2 Å². The van der Waals surface area contributed by atoms with Crippen molar-refractivity contribution in [1.82, 2.24) is 14.3 Å². The third kappa shape index (κ3) is 2.35. The first kappa shape index (κ1) is 13.5. The molecule has 0 saturated carbocycles. The molecule has 3 aromatic rings. The summed E-state index contributed by atoms with van der Waals surface area (Å²) < 4.78 is 3.40. The average molecular weight is 299 g/mol. The number of aliphatic hydroxyl groups excluding tert-OH is 1. The molecule has 3 rings (SSSR count). The van der Waals surface area contributed by atoms with E-state index >= 15 is 0 Å². The first-order valence-corrected chi connectivity index (χ1v) is 6.77. The molecule has 0 bridgehead atoms. The standard InChI is InChI=1S/C15H13N3O2S/c19-10-17-15(21)18(11-6-2-1-3-7-11)14(16-17)12-8-4-5-9-13(12)20/h1-9,19-20H,10H2. The summed E-state index contributed by atoms with van der Waals surface area (Å²) in [5, 5.41) is 23.7. The zero-order valence-electron chi connectivity index (χ0n) is 11.0. The highest BCUT2D eigenvalue weighted by Crippen LogP contribution is 2.29. The van der Waals surface area contributed by atoms with Crippen molar-refractivity contribution in [1.29, 1.82) is 0 Å². The van der Waals surface area contributed by atoms with E-state index < -0.39 is 0 Å². The first-order chi connectivity index (χ1) is 10.2. The molecule has 2 N–H and O–H groups in total. The van der Waals surface area contributed by atoms with Crippen molar-refractivity contribution in [2.75, 3.05) is 0 Å². The quantitative estimate of drug-likeness (QED) is 0.730. The van der Waals surface area contributed by atoms with E-state index in [1.165, 1.54) is 4.68 Å². The number of phenols is 1. The lowest BCUT2D eigenvalue weighted by Crippen LogP contribution is -2.00. The molecule has 0 amide bonds. The zero-order chi connectivity index (χ0) is 14.8. The Morgan fingerprint density at radius 1 is 1.00 bits per heavy atom. The van der Waals surface area contributed by atoms with Gasteiger partial charge in [0, 0.05) is 5.69 Å². The zero-order valence-corrected chi connectivity index (χ0v) is 11.9. The molecule has 0 unspecified atom stereocenters. The molecule has 0 aliphatic carbocycles. The van der Waals surface area contributed by atoms with Gasteiger partial charge in [0.25, 0.3) is 0 Å². The van der Waals surface area contributed by atoms with Gasteiger partial charge in [0.1, 0.15) is 12.5 Å². The molecule has 0 spiro atoms. The summed E-state index contributed by atoms with van der Waals surface area (Å²) in [6, 6.07) is 16.4. The van der Waals surface area contributed by atoms with E-state index in [1.807, 2.05) is 36.4 Å². The number of nitrogens with zero attached hydrogens (tertiary/aromatic N) is 3. The summed E-state index contributed by atoms with van der Waals surface area (Å²) >= 11 is 5.36. The van der Waals surface area contributed by atoms with Crippen molar-refractivity contribution in [3.05, 3.63) is 59.4 Å². The number of hydrogen-bond donors (Lipinski definition) is 2. The molecule has 6 heteroatoms. The Morgan fingerprint density at radius 3 is 2.33 bits per heavy atom. The van der Waals surface area contributed by atoms with Crippen molar-refractivity contribution in [3.8, 4) is 22.8 Å². The fourth-order valence-electron chi connectivity index (χ4n) is 2.15. The van der Waals surface area contributed by atoms with E-state index in [0.717, 1.165) is 5.69 Å². The number of rotatable bonds is 3. The molecular formula is C15H13N3O2S. The smallest absolute Gasteiger partial charge is 0.205 e. The highest BCUT2D eigenvalue weighted by molar-refractivity contribution is 7.71. The van der Waals surface area contributed by atoms with Gasteiger partial charge in [-0.25, -0.2) is 4.68 Å². The van der Waals surface area contributed by atoms with E-state index in [4.69, 9.17) is 12.2 Å². The van der Waals surface area contributed by atoms with E-state index in [0.29, 0.717) is 16.2 Å². The van der Waals surface area contributed by atoms with Gasteiger partial charge in [0.2, 0.25) is 4.77 Å². The highest BCUT2D eigenvalue weighted by Gasteiger charge is 2.16. The molecule has 0 fully saturated rings. The van der Waals surface area contributed by atoms with Crippen LogP contribution in [0, 0.1) is 4.77 Å². The molecule has 1 heterocycles. The van der Waals surface area contributed by atoms with E-state index in [-0.39, 0.29) is 12.5 Å². The Labute approximate surface area is 126 Å². The van der Waals surface area contributed by atoms with Gasteiger partial charge < -0.3 is 10.2 Å². The minimum Gasteiger partial charge on any atom is -0.507 e. The van der Waals surface area contributed by atoms with Gasteiger partial charge in [-0.05, 0) is 36.5 Å². The SMILES string of the molecule is OCn1nc(-c2ccccc2O)n(-c2ccccc2)c1=S. The van der Waals surface area contributed by atoms with Crippen LogP contribution in [-0.4, -0.2) is 24.6 Å². The van der Waals surface area contributed by atoms with E-state index in [1.54, 1.807) is 22.8 Å². The van der Waals surface area contributed by atoms with Crippen LogP contribution in [0.3, 0.4) is 0 Å². The lowest BCUT2D eigenvalue weighted by Gasteiger charge is -2.07. The molecule has 0 aliphatic rings. The Balaban J connectivity index is 2.31. The maximum Gasteiger partial charge on any atom is 0.205 e. The monoisotopic (exact) mass is 299 g/mol. The molecule has 106 valence electrons. The summed E-state index contributed by atoms with van der Waals surface area (Å²) in [7, 11) is 0. The van der Waals surface area contributed by atoms with Gasteiger partial charge >= 0.3 is 0 Å². The summed E-state index contributed by atoms with van der Waals surface area (Å²) in [5.41, 5.74) is 1.38. The number of aromatic nitrogens is 3. The van der Waals surface area contributed by atoms with Crippen LogP contribution in [0.5, 0.6) is 5.75 Å². The molecule has 2 aromatic carbocycles. The van der Waals surface area contributed by atoms with Crippen LogP contribution < -0.4 is 0 Å². The van der Waals surface area contributed by atoms with Crippen LogP contribution in [0.25, 0.3) is 17.1 Å². The van der Waals surface area contributed by atoms with E-state index in [9.17, 15) is 10.2 Å². The van der Waals surface area contributed by atoms with Crippen LogP contribution in [0.2, 0.25) is 0 Å². The topological polar surface area (TPSA) is 63.2 Å². The second-order valence-electron chi connectivity index (χ2n) is 4.44. The molecule has 21 heavy (non-hydrogen) atoms. The minimum absolute atomic E-state index is 0.111. The van der Waals surface area contributed by atoms with Gasteiger partial charge in [-0.15, -0.1) is 5.10 Å². The fourth-order valence-corrected chi connectivity index (χ4v) is 2.44. The number of hydrogen-bond acceptors (Lipinski definition) is 4. The first-order valence-electron chi connectivity index (χ1n) is 6.37. The highest BCUT2D eigenvalue weighted by atomic mass is 32.1. The predicted molar refractivity (Wildman–Crippen MR) is 81.7 cm³/mol. The van der Waals surface area contributed by atoms with Gasteiger partial charge in [-0.3, -0.25) is 4.57 Å². The third-order valence-electron chi connectivity index (χ3n) is 3.13. The van der Waals surface area contributed by atoms with Gasteiger partial charge in [-0.2, -0.15) is 0 Å². The molecule has 5 nitrogen and oxygen atoms in total. The van der Waals surface area contributed by atoms with Crippen LogP contribution in [0.4, 0.5) is 0 Å². The Hall–Kier alpha value is -2.44. The Bertz CT molecular complexity index is 824. The second-order valence-corrected chi connectivity index (χ2v) is 4.80. The lowest BCUT2D eigenvalue weighted by atomic mass is 10.2. The van der Waals surface area contributed by atoms with Crippen molar-refractivity contribution in [2.45, 2.75) is 6.73 Å². The van der Waals surface area contributed by atoms with Crippen LogP contribution in [-0.2, 0) is 6.73 Å². The largest absolute Gasteiger partial charge is 0.507 e. The summed E-state index contributed by atoms with van der Waals surface area (Å²) in [6.07, 6.45) is 0. The van der Waals surface area contributed by atoms with E-state index in [2.05, 4.69) is 5.10 Å². The summed E-state index contributed by atoms with van der Waals surface area (Å²) in [6.45, 7) is -0.320. The lowest BCUT2D eigenvalue weighted by molar-refractivity contribution is 0.193. The van der Waals surface area contributed by atoms with Crippen molar-refractivity contribution >= 4 is 12.2 Å². The van der Waals surface area contributed by atoms with Crippen LogP contribution in [0.1, 0.15) is 0 Å². The van der Waals surface area contributed by atoms with Gasteiger partial charge in [-0.1, -0.05) is 30.3 Å². The molecule has 0 aliphatic heterocycles. The molecule has 0 radical (unpaired) electrons.